The molecule has 0 atom stereocenters. The molecule has 1 aliphatic heterocycles. The van der Waals surface area contributed by atoms with E-state index < -0.39 is 11.9 Å². The highest BCUT2D eigenvalue weighted by molar-refractivity contribution is 6.54. The molecule has 0 fully saturated rings. The van der Waals surface area contributed by atoms with Gasteiger partial charge in [-0.05, 0) is 23.8 Å². The number of benzene rings is 2. The van der Waals surface area contributed by atoms with Crippen LogP contribution in [0.15, 0.2) is 47.6 Å². The summed E-state index contributed by atoms with van der Waals surface area (Å²) in [6.07, 6.45) is 0. The second kappa shape index (κ2) is 7.44. The third-order valence-electron chi connectivity index (χ3n) is 3.59. The fraction of sp³-hybridized carbons (Fsp3) is 0.118. The van der Waals surface area contributed by atoms with Crippen LogP contribution in [0.1, 0.15) is 11.1 Å². The summed E-state index contributed by atoms with van der Waals surface area (Å²) in [6, 6.07) is 12.1. The second-order valence-corrected chi connectivity index (χ2v) is 6.29. The summed E-state index contributed by atoms with van der Waals surface area (Å²) in [5.41, 5.74) is 1.99. The van der Waals surface area contributed by atoms with Crippen molar-refractivity contribution in [3.05, 3.63) is 63.6 Å². The third kappa shape index (κ3) is 3.63. The average molecular weight is 398 g/mol. The SMILES string of the molecule is O=C(CCl)ON=C1C(=O)N(Cc2ccc(Cl)cc2Cl)c2ccccc21. The van der Waals surface area contributed by atoms with Gasteiger partial charge in [0.05, 0.1) is 12.2 Å². The minimum atomic E-state index is -0.737. The molecule has 0 bridgehead atoms. The molecule has 1 amide bonds. The Labute approximate surface area is 158 Å². The molecule has 0 unspecified atom stereocenters. The highest BCUT2D eigenvalue weighted by Gasteiger charge is 2.35. The molecule has 0 aromatic heterocycles. The molecule has 0 saturated heterocycles. The molecule has 2 aromatic carbocycles. The van der Waals surface area contributed by atoms with Gasteiger partial charge in [0.1, 0.15) is 5.88 Å². The Hall–Kier alpha value is -2.08. The van der Waals surface area contributed by atoms with Crippen LogP contribution in [-0.2, 0) is 21.0 Å². The Bertz CT molecular complexity index is 883. The maximum absolute atomic E-state index is 12.7. The zero-order valence-electron chi connectivity index (χ0n) is 12.7. The van der Waals surface area contributed by atoms with E-state index in [4.69, 9.17) is 34.8 Å². The minimum absolute atomic E-state index is 0.0409. The Morgan fingerprint density at radius 3 is 2.64 bits per heavy atom. The van der Waals surface area contributed by atoms with Crippen molar-refractivity contribution < 1.29 is 14.4 Å². The number of hydrogen-bond acceptors (Lipinski definition) is 4. The molecule has 1 aliphatic rings. The van der Waals surface area contributed by atoms with Gasteiger partial charge in [0.15, 0.2) is 5.71 Å². The summed E-state index contributed by atoms with van der Waals surface area (Å²) in [5, 5.41) is 4.65. The minimum Gasteiger partial charge on any atom is -0.316 e. The van der Waals surface area contributed by atoms with Crippen molar-refractivity contribution in [3.8, 4) is 0 Å². The molecule has 0 spiro atoms. The van der Waals surface area contributed by atoms with Crippen LogP contribution < -0.4 is 4.90 Å². The van der Waals surface area contributed by atoms with Crippen molar-refractivity contribution in [2.45, 2.75) is 6.54 Å². The third-order valence-corrected chi connectivity index (χ3v) is 4.39. The number of amides is 1. The Morgan fingerprint density at radius 2 is 1.92 bits per heavy atom. The van der Waals surface area contributed by atoms with Gasteiger partial charge in [0.25, 0.3) is 5.91 Å². The lowest BCUT2D eigenvalue weighted by molar-refractivity contribution is -0.140. The maximum atomic E-state index is 12.7. The van der Waals surface area contributed by atoms with Crippen molar-refractivity contribution in [1.82, 2.24) is 0 Å². The van der Waals surface area contributed by atoms with Crippen molar-refractivity contribution >= 4 is 58.1 Å². The van der Waals surface area contributed by atoms with E-state index in [1.165, 1.54) is 4.90 Å². The summed E-state index contributed by atoms with van der Waals surface area (Å²) in [4.78, 5) is 30.1. The van der Waals surface area contributed by atoms with E-state index in [1.807, 2.05) is 0 Å². The fourth-order valence-corrected chi connectivity index (χ4v) is 2.97. The van der Waals surface area contributed by atoms with Crippen molar-refractivity contribution in [2.75, 3.05) is 10.8 Å². The van der Waals surface area contributed by atoms with Crippen molar-refractivity contribution in [3.63, 3.8) is 0 Å². The van der Waals surface area contributed by atoms with Gasteiger partial charge in [-0.25, -0.2) is 4.79 Å². The molecule has 128 valence electrons. The molecule has 25 heavy (non-hydrogen) atoms. The van der Waals surface area contributed by atoms with Gasteiger partial charge >= 0.3 is 5.97 Å². The summed E-state index contributed by atoms with van der Waals surface area (Å²) in [7, 11) is 0. The molecule has 0 aliphatic carbocycles. The number of halogens is 3. The van der Waals surface area contributed by atoms with Crippen LogP contribution >= 0.6 is 34.8 Å². The molecule has 0 N–H and O–H groups in total. The number of fused-ring (bicyclic) bond motifs is 1. The zero-order valence-corrected chi connectivity index (χ0v) is 15.0. The van der Waals surface area contributed by atoms with Gasteiger partial charge in [0, 0.05) is 15.6 Å². The molecule has 3 rings (SSSR count). The smallest absolute Gasteiger partial charge is 0.316 e. The standard InChI is InChI=1S/C17H11Cl3N2O3/c18-8-15(23)25-21-16-12-3-1-2-4-14(12)22(17(16)24)9-10-5-6-11(19)7-13(10)20/h1-7H,8-9H2. The van der Waals surface area contributed by atoms with Crippen LogP contribution in [0, 0.1) is 0 Å². The summed E-state index contributed by atoms with van der Waals surface area (Å²) >= 11 is 17.5. The number of hydrogen-bond donors (Lipinski definition) is 0. The molecule has 5 nitrogen and oxygen atoms in total. The van der Waals surface area contributed by atoms with Crippen molar-refractivity contribution in [2.24, 2.45) is 5.16 Å². The van der Waals surface area contributed by atoms with Gasteiger partial charge in [0.2, 0.25) is 0 Å². The predicted molar refractivity (Wildman–Crippen MR) is 97.4 cm³/mol. The lowest BCUT2D eigenvalue weighted by Crippen LogP contribution is -2.30. The summed E-state index contributed by atoms with van der Waals surface area (Å²) in [5.74, 6) is -1.48. The Morgan fingerprint density at radius 1 is 1.16 bits per heavy atom. The number of para-hydroxylation sites is 1. The van der Waals surface area contributed by atoms with E-state index in [1.54, 1.807) is 42.5 Å². The largest absolute Gasteiger partial charge is 0.349 e. The number of oxime groups is 1. The van der Waals surface area contributed by atoms with Crippen LogP contribution in [0.3, 0.4) is 0 Å². The zero-order chi connectivity index (χ0) is 18.0. The van der Waals surface area contributed by atoms with Gasteiger partial charge in [-0.15, -0.1) is 11.6 Å². The number of carbonyl (C=O) groups is 2. The lowest BCUT2D eigenvalue weighted by atomic mass is 10.1. The van der Waals surface area contributed by atoms with Crippen LogP contribution in [0.5, 0.6) is 0 Å². The van der Waals surface area contributed by atoms with Crippen LogP contribution in [0.4, 0.5) is 5.69 Å². The van der Waals surface area contributed by atoms with E-state index in [0.29, 0.717) is 21.3 Å². The van der Waals surface area contributed by atoms with Gasteiger partial charge in [-0.1, -0.05) is 52.6 Å². The monoisotopic (exact) mass is 396 g/mol. The van der Waals surface area contributed by atoms with Crippen LogP contribution in [0.2, 0.25) is 10.0 Å². The van der Waals surface area contributed by atoms with E-state index >= 15 is 0 Å². The number of nitrogens with zero attached hydrogens (tertiary/aromatic N) is 2. The fourth-order valence-electron chi connectivity index (χ4n) is 2.45. The topological polar surface area (TPSA) is 59.0 Å². The molecule has 0 radical (unpaired) electrons. The molecule has 8 heteroatoms. The molecule has 0 saturated carbocycles. The summed E-state index contributed by atoms with van der Waals surface area (Å²) in [6.45, 7) is 0.230. The molecule has 1 heterocycles. The normalized spacial score (nSPS) is 14.8. The number of anilines is 1. The number of rotatable bonds is 4. The van der Waals surface area contributed by atoms with Crippen molar-refractivity contribution in [1.29, 1.82) is 0 Å². The molecular formula is C17H11Cl3N2O3. The Balaban J connectivity index is 1.95. The first-order valence-corrected chi connectivity index (χ1v) is 8.49. The molecule has 2 aromatic rings. The number of carbonyl (C=O) groups excluding carboxylic acids is 2. The highest BCUT2D eigenvalue weighted by atomic mass is 35.5. The first-order valence-electron chi connectivity index (χ1n) is 7.20. The van der Waals surface area contributed by atoms with Gasteiger partial charge < -0.3 is 9.74 Å². The van der Waals surface area contributed by atoms with Crippen LogP contribution in [-0.4, -0.2) is 23.5 Å². The quantitative estimate of drug-likeness (QED) is 0.445. The molecular weight excluding hydrogens is 387 g/mol. The predicted octanol–water partition coefficient (Wildman–Crippen LogP) is 4.03. The van der Waals surface area contributed by atoms with Crippen LogP contribution in [0.25, 0.3) is 0 Å². The van der Waals surface area contributed by atoms with E-state index in [2.05, 4.69) is 9.99 Å². The Kier molecular flexibility index (Phi) is 5.27. The second-order valence-electron chi connectivity index (χ2n) is 5.18. The van der Waals surface area contributed by atoms with E-state index in [0.717, 1.165) is 5.56 Å². The van der Waals surface area contributed by atoms with E-state index in [9.17, 15) is 9.59 Å². The number of alkyl halides is 1. The first kappa shape index (κ1) is 17.7. The average Bonchev–Trinajstić information content (AvgIpc) is 2.87. The lowest BCUT2D eigenvalue weighted by Gasteiger charge is -2.17. The highest BCUT2D eigenvalue weighted by Crippen LogP contribution is 2.32. The van der Waals surface area contributed by atoms with Gasteiger partial charge in [-0.3, -0.25) is 4.79 Å². The maximum Gasteiger partial charge on any atom is 0.349 e. The van der Waals surface area contributed by atoms with E-state index in [-0.39, 0.29) is 18.1 Å². The summed E-state index contributed by atoms with van der Waals surface area (Å²) < 4.78 is 0. The van der Waals surface area contributed by atoms with Gasteiger partial charge in [-0.2, -0.15) is 0 Å². The first-order chi connectivity index (χ1) is 12.0.